The van der Waals surface area contributed by atoms with E-state index in [4.69, 9.17) is 10.5 Å². The summed E-state index contributed by atoms with van der Waals surface area (Å²) in [5, 5.41) is 4.27. The fourth-order valence-corrected chi connectivity index (χ4v) is 2.29. The van der Waals surface area contributed by atoms with Crippen molar-refractivity contribution in [3.63, 3.8) is 0 Å². The molecule has 0 aliphatic carbocycles. The van der Waals surface area contributed by atoms with Crippen molar-refractivity contribution in [2.45, 2.75) is 13.5 Å². The Balaban J connectivity index is 1.77. The number of aromatic nitrogens is 2. The molecule has 2 N–H and O–H groups in total. The van der Waals surface area contributed by atoms with Gasteiger partial charge in [0.05, 0.1) is 18.1 Å². The molecule has 0 bridgehead atoms. The smallest absolute Gasteiger partial charge is 0.221 e. The van der Waals surface area contributed by atoms with Gasteiger partial charge in [-0.2, -0.15) is 5.10 Å². The molecule has 0 atom stereocenters. The Kier molecular flexibility index (Phi) is 4.74. The summed E-state index contributed by atoms with van der Waals surface area (Å²) < 4.78 is 33.4. The Morgan fingerprint density at radius 1 is 1.20 bits per heavy atom. The molecule has 0 unspecified atom stereocenters. The van der Waals surface area contributed by atoms with E-state index in [0.717, 1.165) is 35.0 Å². The van der Waals surface area contributed by atoms with Crippen LogP contribution in [0.4, 0.5) is 14.7 Å². The second kappa shape index (κ2) is 7.12. The lowest BCUT2D eigenvalue weighted by molar-refractivity contribution is 0.302. The Hall–Kier alpha value is -3.22. The molecule has 0 aliphatic heterocycles. The van der Waals surface area contributed by atoms with Crippen molar-refractivity contribution in [3.05, 3.63) is 77.1 Å². The summed E-state index contributed by atoms with van der Waals surface area (Å²) in [6.45, 7) is 1.96. The van der Waals surface area contributed by atoms with Gasteiger partial charge in [0.1, 0.15) is 24.0 Å². The highest BCUT2D eigenvalue weighted by atomic mass is 19.1. The number of nitrogens with zero attached hydrogens (tertiary/aromatic N) is 3. The van der Waals surface area contributed by atoms with Crippen LogP contribution in [0.3, 0.4) is 0 Å². The maximum Gasteiger partial charge on any atom is 0.221 e. The van der Waals surface area contributed by atoms with E-state index < -0.39 is 11.6 Å². The van der Waals surface area contributed by atoms with Gasteiger partial charge in [-0.05, 0) is 12.5 Å². The SMILES string of the molecule is Cc1cn(N=Cc2ccccc2COc2cc(F)cc(F)c2)c(N)n1. The van der Waals surface area contributed by atoms with Crippen molar-refractivity contribution in [1.82, 2.24) is 9.66 Å². The summed E-state index contributed by atoms with van der Waals surface area (Å²) in [5.74, 6) is -0.956. The van der Waals surface area contributed by atoms with Crippen molar-refractivity contribution in [3.8, 4) is 5.75 Å². The normalized spacial score (nSPS) is 11.2. The maximum absolute atomic E-state index is 13.2. The highest BCUT2D eigenvalue weighted by Crippen LogP contribution is 2.18. The predicted molar refractivity (Wildman–Crippen MR) is 91.5 cm³/mol. The Bertz CT molecular complexity index is 901. The summed E-state index contributed by atoms with van der Waals surface area (Å²) in [7, 11) is 0. The number of anilines is 1. The number of aryl methyl sites for hydroxylation is 1. The van der Waals surface area contributed by atoms with Gasteiger partial charge in [0.25, 0.3) is 0 Å². The van der Waals surface area contributed by atoms with Crippen LogP contribution in [-0.2, 0) is 6.61 Å². The molecule has 2 aromatic carbocycles. The number of hydrogen-bond donors (Lipinski definition) is 1. The van der Waals surface area contributed by atoms with Crippen LogP contribution >= 0.6 is 0 Å². The minimum absolute atomic E-state index is 0.124. The Labute approximate surface area is 143 Å². The number of hydrogen-bond acceptors (Lipinski definition) is 4. The lowest BCUT2D eigenvalue weighted by atomic mass is 10.1. The molecule has 0 saturated carbocycles. The highest BCUT2D eigenvalue weighted by Gasteiger charge is 2.05. The minimum atomic E-state index is -0.684. The van der Waals surface area contributed by atoms with E-state index in [1.54, 1.807) is 12.4 Å². The molecule has 3 aromatic rings. The first-order chi connectivity index (χ1) is 12.0. The van der Waals surface area contributed by atoms with Gasteiger partial charge < -0.3 is 10.5 Å². The molecular weight excluding hydrogens is 326 g/mol. The van der Waals surface area contributed by atoms with Gasteiger partial charge in [0.2, 0.25) is 5.95 Å². The van der Waals surface area contributed by atoms with Gasteiger partial charge in [0, 0.05) is 23.8 Å². The zero-order valence-electron chi connectivity index (χ0n) is 13.5. The summed E-state index contributed by atoms with van der Waals surface area (Å²) in [4.78, 5) is 4.07. The zero-order chi connectivity index (χ0) is 17.8. The van der Waals surface area contributed by atoms with Crippen LogP contribution < -0.4 is 10.5 Å². The van der Waals surface area contributed by atoms with Crippen LogP contribution in [0.15, 0.2) is 53.8 Å². The average molecular weight is 342 g/mol. The van der Waals surface area contributed by atoms with Gasteiger partial charge in [0.15, 0.2) is 0 Å². The van der Waals surface area contributed by atoms with Gasteiger partial charge in [-0.1, -0.05) is 24.3 Å². The van der Waals surface area contributed by atoms with Gasteiger partial charge >= 0.3 is 0 Å². The van der Waals surface area contributed by atoms with E-state index >= 15 is 0 Å². The molecule has 0 radical (unpaired) electrons. The molecule has 3 rings (SSSR count). The van der Waals surface area contributed by atoms with Crippen LogP contribution in [0.1, 0.15) is 16.8 Å². The van der Waals surface area contributed by atoms with Crippen LogP contribution in [0.2, 0.25) is 0 Å². The number of nitrogens with two attached hydrogens (primary N) is 1. The molecule has 1 heterocycles. The molecule has 25 heavy (non-hydrogen) atoms. The molecule has 1 aromatic heterocycles. The van der Waals surface area contributed by atoms with Crippen molar-refractivity contribution >= 4 is 12.2 Å². The third kappa shape index (κ3) is 4.20. The Morgan fingerprint density at radius 3 is 2.60 bits per heavy atom. The van der Waals surface area contributed by atoms with Crippen LogP contribution in [0.25, 0.3) is 0 Å². The molecule has 0 fully saturated rings. The summed E-state index contributed by atoms with van der Waals surface area (Å²) in [5.41, 5.74) is 8.12. The first-order valence-electron chi connectivity index (χ1n) is 7.54. The maximum atomic E-state index is 13.2. The predicted octanol–water partition coefficient (Wildman–Crippen LogP) is 3.51. The zero-order valence-corrected chi connectivity index (χ0v) is 13.5. The van der Waals surface area contributed by atoms with Crippen LogP contribution in [-0.4, -0.2) is 15.9 Å². The first kappa shape index (κ1) is 16.6. The molecular formula is C18H16F2N4O. The van der Waals surface area contributed by atoms with Crippen LogP contribution in [0, 0.1) is 18.6 Å². The molecule has 5 nitrogen and oxygen atoms in total. The Morgan fingerprint density at radius 2 is 1.92 bits per heavy atom. The lowest BCUT2D eigenvalue weighted by Gasteiger charge is -2.09. The topological polar surface area (TPSA) is 65.4 Å². The van der Waals surface area contributed by atoms with E-state index in [0.29, 0.717) is 0 Å². The number of rotatable bonds is 5. The third-order valence-corrected chi connectivity index (χ3v) is 3.44. The fraction of sp³-hybridized carbons (Fsp3) is 0.111. The number of halogens is 2. The second-order valence-corrected chi connectivity index (χ2v) is 5.42. The van der Waals surface area contributed by atoms with Gasteiger partial charge in [-0.3, -0.25) is 0 Å². The summed E-state index contributed by atoms with van der Waals surface area (Å²) >= 11 is 0. The van der Waals surface area contributed by atoms with Crippen molar-refractivity contribution in [1.29, 1.82) is 0 Å². The lowest BCUT2D eigenvalue weighted by Crippen LogP contribution is -2.02. The van der Waals surface area contributed by atoms with E-state index in [9.17, 15) is 8.78 Å². The van der Waals surface area contributed by atoms with Crippen molar-refractivity contribution in [2.75, 3.05) is 5.73 Å². The molecule has 0 saturated heterocycles. The van der Waals surface area contributed by atoms with E-state index in [2.05, 4.69) is 10.1 Å². The third-order valence-electron chi connectivity index (χ3n) is 3.44. The summed E-state index contributed by atoms with van der Waals surface area (Å²) in [6, 6.07) is 10.5. The van der Waals surface area contributed by atoms with Crippen LogP contribution in [0.5, 0.6) is 5.75 Å². The molecule has 0 aliphatic rings. The fourth-order valence-electron chi connectivity index (χ4n) is 2.29. The number of nitrogen functional groups attached to an aromatic ring is 1. The van der Waals surface area contributed by atoms with Gasteiger partial charge in [-0.15, -0.1) is 0 Å². The molecule has 0 amide bonds. The van der Waals surface area contributed by atoms with Crippen molar-refractivity contribution in [2.24, 2.45) is 5.10 Å². The quantitative estimate of drug-likeness (QED) is 0.722. The standard InChI is InChI=1S/C18H16F2N4O/c1-12-10-24(18(21)23-12)22-9-13-4-2-3-5-14(13)11-25-17-7-15(19)6-16(20)8-17/h2-10H,11H2,1H3,(H2,21,23). The van der Waals surface area contributed by atoms with E-state index in [1.165, 1.54) is 4.68 Å². The van der Waals surface area contributed by atoms with Gasteiger partial charge in [-0.25, -0.2) is 18.4 Å². The number of benzene rings is 2. The van der Waals surface area contributed by atoms with E-state index in [-0.39, 0.29) is 18.3 Å². The first-order valence-corrected chi connectivity index (χ1v) is 7.54. The largest absolute Gasteiger partial charge is 0.489 e. The monoisotopic (exact) mass is 342 g/mol. The highest BCUT2D eigenvalue weighted by molar-refractivity contribution is 5.81. The van der Waals surface area contributed by atoms with E-state index in [1.807, 2.05) is 31.2 Å². The number of ether oxygens (including phenoxy) is 1. The second-order valence-electron chi connectivity index (χ2n) is 5.42. The minimum Gasteiger partial charge on any atom is -0.489 e. The summed E-state index contributed by atoms with van der Waals surface area (Å²) in [6.07, 6.45) is 3.34. The molecule has 0 spiro atoms. The number of imidazole rings is 1. The molecule has 128 valence electrons. The average Bonchev–Trinajstić information content (AvgIpc) is 2.88. The molecule has 7 heteroatoms. The van der Waals surface area contributed by atoms with Crippen molar-refractivity contribution < 1.29 is 13.5 Å².